The molecule has 142 valence electrons. The molecule has 0 amide bonds. The normalized spacial score (nSPS) is 18.6. The van der Waals surface area contributed by atoms with Gasteiger partial charge in [-0.15, -0.1) is 15.3 Å². The number of hydrogen-bond acceptors (Lipinski definition) is 7. The average molecular weight is 397 g/mol. The molecule has 9 nitrogen and oxygen atoms in total. The number of anilines is 1. The van der Waals surface area contributed by atoms with Crippen molar-refractivity contribution in [1.82, 2.24) is 34.2 Å². The lowest BCUT2D eigenvalue weighted by Crippen LogP contribution is -2.29. The van der Waals surface area contributed by atoms with Crippen LogP contribution in [0, 0.1) is 5.92 Å². The van der Waals surface area contributed by atoms with Crippen LogP contribution in [-0.4, -0.2) is 48.0 Å². The summed E-state index contributed by atoms with van der Waals surface area (Å²) in [5.41, 5.74) is 2.86. The van der Waals surface area contributed by atoms with Gasteiger partial charge in [-0.05, 0) is 30.9 Å². The van der Waals surface area contributed by atoms with Gasteiger partial charge >= 0.3 is 0 Å². The van der Waals surface area contributed by atoms with Crippen molar-refractivity contribution in [2.45, 2.75) is 18.9 Å². The summed E-state index contributed by atoms with van der Waals surface area (Å²) in [6.45, 7) is 0.543. The third-order valence-electron chi connectivity index (χ3n) is 5.43. The lowest BCUT2D eigenvalue weighted by atomic mass is 10.1. The largest absolute Gasteiger partial charge is 0.375 e. The zero-order chi connectivity index (χ0) is 18.8. The Labute approximate surface area is 165 Å². The monoisotopic (exact) mass is 396 g/mol. The van der Waals surface area contributed by atoms with Gasteiger partial charge in [0.15, 0.2) is 5.82 Å². The van der Waals surface area contributed by atoms with Gasteiger partial charge in [0.2, 0.25) is 0 Å². The molecule has 0 N–H and O–H groups in total. The van der Waals surface area contributed by atoms with E-state index in [1.807, 2.05) is 35.2 Å². The first kappa shape index (κ1) is 16.1. The highest BCUT2D eigenvalue weighted by Gasteiger charge is 2.37. The Bertz CT molecular complexity index is 1100. The van der Waals surface area contributed by atoms with Gasteiger partial charge in [0.05, 0.1) is 18.1 Å². The summed E-state index contributed by atoms with van der Waals surface area (Å²) in [4.78, 5) is 2.13. The fourth-order valence-electron chi connectivity index (χ4n) is 3.99. The predicted octanol–water partition coefficient (Wildman–Crippen LogP) is 2.63. The van der Waals surface area contributed by atoms with E-state index in [-0.39, 0.29) is 6.10 Å². The number of rotatable bonds is 4. The van der Waals surface area contributed by atoms with Crippen LogP contribution in [0.25, 0.3) is 23.2 Å². The Kier molecular flexibility index (Phi) is 3.33. The second-order valence-electron chi connectivity index (χ2n) is 7.21. The smallest absolute Gasteiger partial charge is 0.259 e. The van der Waals surface area contributed by atoms with Crippen molar-refractivity contribution in [2.24, 2.45) is 5.92 Å². The molecule has 3 aromatic rings. The molecule has 1 saturated carbocycles. The number of benzene rings is 1. The predicted molar refractivity (Wildman–Crippen MR) is 102 cm³/mol. The number of nitrogens with zero attached hydrogens (tertiary/aromatic N) is 8. The summed E-state index contributed by atoms with van der Waals surface area (Å²) in [5, 5.41) is 17.5. The molecule has 0 spiro atoms. The maximum absolute atomic E-state index is 6.30. The maximum atomic E-state index is 6.30. The van der Waals surface area contributed by atoms with Crippen LogP contribution >= 0.6 is 11.8 Å². The van der Waals surface area contributed by atoms with Gasteiger partial charge in [0.25, 0.3) is 5.95 Å². The van der Waals surface area contributed by atoms with Crippen molar-refractivity contribution < 1.29 is 4.74 Å². The molecule has 4 heterocycles. The molecule has 10 heteroatoms. The lowest BCUT2D eigenvalue weighted by Gasteiger charge is -2.29. The van der Waals surface area contributed by atoms with Crippen molar-refractivity contribution in [2.75, 3.05) is 18.7 Å². The summed E-state index contributed by atoms with van der Waals surface area (Å²) in [7, 11) is 1.72. The molecule has 1 unspecified atom stereocenters. The topological polar surface area (TPSA) is 77.1 Å². The molecule has 1 aromatic carbocycles. The van der Waals surface area contributed by atoms with Crippen LogP contribution in [0.4, 0.5) is 5.69 Å². The molecule has 3 aliphatic rings. The van der Waals surface area contributed by atoms with E-state index in [0.29, 0.717) is 18.5 Å². The molecule has 1 fully saturated rings. The Morgan fingerprint density at radius 1 is 1.18 bits per heavy atom. The highest BCUT2D eigenvalue weighted by molar-refractivity contribution is 6.15. The molecule has 0 bridgehead atoms. The first-order chi connectivity index (χ1) is 13.7. The van der Waals surface area contributed by atoms with E-state index < -0.39 is 0 Å². The average Bonchev–Trinajstić information content (AvgIpc) is 3.11. The van der Waals surface area contributed by atoms with Gasteiger partial charge in [0, 0.05) is 24.4 Å². The van der Waals surface area contributed by atoms with Crippen LogP contribution in [-0.2, 0) is 4.74 Å². The summed E-state index contributed by atoms with van der Waals surface area (Å²) >= 11 is 6.30. The third-order valence-corrected chi connectivity index (χ3v) is 5.64. The standard InChI is InChI=1S/C18H17ClN8O/c1-28-16(11-6-7-11)13-8-26(23-20-13)18-22-21-17-12-4-2-3-5-14(12)25-10-24(19)9-15(25)27(17)18/h2-5,8-9,11,16H,6-7,10H2,1H3. The first-order valence-electron chi connectivity index (χ1n) is 9.17. The summed E-state index contributed by atoms with van der Waals surface area (Å²) in [6, 6.07) is 8.09. The second-order valence-corrected chi connectivity index (χ2v) is 7.65. The van der Waals surface area contributed by atoms with Crippen molar-refractivity contribution in [3.05, 3.63) is 42.4 Å². The van der Waals surface area contributed by atoms with Crippen molar-refractivity contribution in [3.63, 3.8) is 0 Å². The first-order valence-corrected chi connectivity index (χ1v) is 9.51. The summed E-state index contributed by atoms with van der Waals surface area (Å²) < 4.78 is 10.9. The van der Waals surface area contributed by atoms with Gasteiger partial charge in [0.1, 0.15) is 24.3 Å². The molecule has 6 rings (SSSR count). The zero-order valence-electron chi connectivity index (χ0n) is 15.1. The number of halogens is 1. The molecule has 1 atom stereocenters. The molecule has 28 heavy (non-hydrogen) atoms. The van der Waals surface area contributed by atoms with Gasteiger partial charge in [-0.25, -0.2) is 4.57 Å². The number of aromatic nitrogens is 6. The highest BCUT2D eigenvalue weighted by atomic mass is 35.5. The van der Waals surface area contributed by atoms with Gasteiger partial charge in [-0.1, -0.05) is 17.3 Å². The lowest BCUT2D eigenvalue weighted by molar-refractivity contribution is 0.0810. The van der Waals surface area contributed by atoms with Gasteiger partial charge in [-0.2, -0.15) is 4.68 Å². The minimum absolute atomic E-state index is 0.0289. The van der Waals surface area contributed by atoms with E-state index >= 15 is 0 Å². The fraction of sp³-hybridized carbons (Fsp3) is 0.333. The number of para-hydroxylation sites is 1. The molecule has 0 radical (unpaired) electrons. The number of fused-ring (bicyclic) bond motifs is 6. The SMILES string of the molecule is COC(c1cn(-c2nnc3n2C2=CN(Cl)CN2c2ccccc2-3)nn1)C1CC1. The minimum atomic E-state index is -0.0289. The minimum Gasteiger partial charge on any atom is -0.375 e. The van der Waals surface area contributed by atoms with Crippen LogP contribution in [0.3, 0.4) is 0 Å². The van der Waals surface area contributed by atoms with Crippen molar-refractivity contribution in [3.8, 4) is 17.3 Å². The van der Waals surface area contributed by atoms with Crippen LogP contribution < -0.4 is 4.90 Å². The highest BCUT2D eigenvalue weighted by Crippen LogP contribution is 2.44. The van der Waals surface area contributed by atoms with E-state index in [4.69, 9.17) is 16.5 Å². The Balaban J connectivity index is 1.49. The summed E-state index contributed by atoms with van der Waals surface area (Å²) in [6.07, 6.45) is 6.04. The zero-order valence-corrected chi connectivity index (χ0v) is 15.9. The van der Waals surface area contributed by atoms with E-state index in [1.54, 1.807) is 16.2 Å². The van der Waals surface area contributed by atoms with E-state index in [2.05, 4.69) is 31.5 Å². The van der Waals surface area contributed by atoms with E-state index in [1.165, 1.54) is 0 Å². The Morgan fingerprint density at radius 3 is 2.86 bits per heavy atom. The molecule has 0 saturated heterocycles. The molecule has 2 aliphatic heterocycles. The van der Waals surface area contributed by atoms with Crippen LogP contribution in [0.2, 0.25) is 0 Å². The Hall–Kier alpha value is -2.91. The number of methoxy groups -OCH3 is 1. The van der Waals surface area contributed by atoms with Crippen LogP contribution in [0.15, 0.2) is 36.7 Å². The number of ether oxygens (including phenoxy) is 1. The second kappa shape index (κ2) is 5.79. The molecule has 2 aromatic heterocycles. The number of hydrogen-bond donors (Lipinski definition) is 0. The fourth-order valence-corrected chi connectivity index (χ4v) is 4.18. The van der Waals surface area contributed by atoms with Gasteiger partial charge in [-0.3, -0.25) is 4.42 Å². The van der Waals surface area contributed by atoms with Crippen molar-refractivity contribution >= 4 is 23.3 Å². The molecular formula is C18H17ClN8O. The third kappa shape index (κ3) is 2.23. The molecular weight excluding hydrogens is 380 g/mol. The van der Waals surface area contributed by atoms with Crippen molar-refractivity contribution in [1.29, 1.82) is 0 Å². The Morgan fingerprint density at radius 2 is 2.04 bits per heavy atom. The van der Waals surface area contributed by atoms with Crippen LogP contribution in [0.1, 0.15) is 24.6 Å². The maximum Gasteiger partial charge on any atom is 0.259 e. The van der Waals surface area contributed by atoms with E-state index in [0.717, 1.165) is 41.4 Å². The van der Waals surface area contributed by atoms with Gasteiger partial charge < -0.3 is 9.64 Å². The quantitative estimate of drug-likeness (QED) is 0.627. The van der Waals surface area contributed by atoms with Crippen LogP contribution in [0.5, 0.6) is 0 Å². The summed E-state index contributed by atoms with van der Waals surface area (Å²) in [5.74, 6) is 2.72. The van der Waals surface area contributed by atoms with E-state index in [9.17, 15) is 0 Å². The molecule has 1 aliphatic carbocycles.